The van der Waals surface area contributed by atoms with Crippen LogP contribution in [0.1, 0.15) is 10.4 Å². The van der Waals surface area contributed by atoms with E-state index >= 15 is 0 Å². The fourth-order valence-corrected chi connectivity index (χ4v) is 1.77. The molecule has 6 nitrogen and oxygen atoms in total. The lowest BCUT2D eigenvalue weighted by Crippen LogP contribution is -2.12. The predicted octanol–water partition coefficient (Wildman–Crippen LogP) is 1.52. The maximum absolute atomic E-state index is 13.4. The number of hydrogen-bond donors (Lipinski definition) is 2. The number of nitrogens with zero attached hydrogens (tertiary/aromatic N) is 2. The minimum Gasteiger partial charge on any atom is -0.494 e. The molecular weight excluding hydrogens is 259 g/mol. The number of rotatable bonds is 3. The average Bonchev–Trinajstić information content (AvgIpc) is 2.74. The molecule has 0 aliphatic rings. The lowest BCUT2D eigenvalue weighted by atomic mass is 10.2. The molecule has 2 aromatic rings. The Bertz CT molecular complexity index is 587. The lowest BCUT2D eigenvalue weighted by molar-refractivity contribution is 0.102. The number of carbonyl (C=O) groups excluding carboxylic acids is 1. The van der Waals surface area contributed by atoms with Crippen molar-refractivity contribution in [2.45, 2.75) is 0 Å². The molecule has 94 valence electrons. The molecule has 2 rings (SSSR count). The van der Waals surface area contributed by atoms with Crippen molar-refractivity contribution in [3.63, 3.8) is 0 Å². The first-order valence-corrected chi connectivity index (χ1v) is 5.65. The molecule has 8 heteroatoms. The number of ether oxygens (including phenoxy) is 1. The Kier molecular flexibility index (Phi) is 3.38. The summed E-state index contributed by atoms with van der Waals surface area (Å²) in [7, 11) is 1.35. The van der Waals surface area contributed by atoms with Gasteiger partial charge in [0.2, 0.25) is 10.3 Å². The maximum atomic E-state index is 13.4. The molecule has 1 amide bonds. The van der Waals surface area contributed by atoms with Gasteiger partial charge in [0.1, 0.15) is 0 Å². The van der Waals surface area contributed by atoms with Crippen molar-refractivity contribution >= 4 is 27.5 Å². The van der Waals surface area contributed by atoms with Crippen molar-refractivity contribution in [2.75, 3.05) is 18.2 Å². The number of nitrogens with one attached hydrogen (secondary N) is 1. The van der Waals surface area contributed by atoms with Crippen LogP contribution in [0.5, 0.6) is 5.75 Å². The standard InChI is InChI=1S/C10H9FN4O2S/c1-17-7-3-2-5(4-6(7)11)8(16)13-10-15-14-9(12)18-10/h2-4H,1H3,(H2,12,14)(H,13,15,16). The Hall–Kier alpha value is -2.22. The van der Waals surface area contributed by atoms with Crippen LogP contribution in [0.4, 0.5) is 14.7 Å². The molecule has 0 saturated heterocycles. The van der Waals surface area contributed by atoms with Crippen LogP contribution in [0.2, 0.25) is 0 Å². The summed E-state index contributed by atoms with van der Waals surface area (Å²) in [4.78, 5) is 11.8. The van der Waals surface area contributed by atoms with Crippen LogP contribution in [0.15, 0.2) is 18.2 Å². The van der Waals surface area contributed by atoms with Crippen molar-refractivity contribution in [1.82, 2.24) is 10.2 Å². The summed E-state index contributed by atoms with van der Waals surface area (Å²) in [6.45, 7) is 0. The molecule has 3 N–H and O–H groups in total. The molecule has 0 unspecified atom stereocenters. The monoisotopic (exact) mass is 268 g/mol. The van der Waals surface area contributed by atoms with Crippen LogP contribution in [-0.4, -0.2) is 23.2 Å². The minimum absolute atomic E-state index is 0.0757. The first-order valence-electron chi connectivity index (χ1n) is 4.84. The van der Waals surface area contributed by atoms with E-state index in [4.69, 9.17) is 10.5 Å². The Balaban J connectivity index is 2.16. The molecule has 0 spiro atoms. The van der Waals surface area contributed by atoms with Gasteiger partial charge in [0.05, 0.1) is 7.11 Å². The Morgan fingerprint density at radius 3 is 2.83 bits per heavy atom. The third-order valence-corrected chi connectivity index (χ3v) is 2.74. The molecule has 0 aliphatic carbocycles. The number of nitrogen functional groups attached to an aromatic ring is 1. The van der Waals surface area contributed by atoms with Gasteiger partial charge in [-0.25, -0.2) is 4.39 Å². The van der Waals surface area contributed by atoms with Crippen LogP contribution in [-0.2, 0) is 0 Å². The van der Waals surface area contributed by atoms with Gasteiger partial charge in [-0.2, -0.15) is 0 Å². The molecule has 0 atom stereocenters. The Labute approximate surface area is 106 Å². The largest absolute Gasteiger partial charge is 0.494 e. The van der Waals surface area contributed by atoms with E-state index in [2.05, 4.69) is 15.5 Å². The van der Waals surface area contributed by atoms with Crippen molar-refractivity contribution in [3.8, 4) is 5.75 Å². The number of nitrogens with two attached hydrogens (primary N) is 1. The van der Waals surface area contributed by atoms with Crippen LogP contribution in [0.3, 0.4) is 0 Å². The topological polar surface area (TPSA) is 90.1 Å². The van der Waals surface area contributed by atoms with E-state index in [0.717, 1.165) is 17.4 Å². The van der Waals surface area contributed by atoms with Gasteiger partial charge in [0, 0.05) is 5.56 Å². The second-order valence-corrected chi connectivity index (χ2v) is 4.26. The van der Waals surface area contributed by atoms with E-state index < -0.39 is 11.7 Å². The number of carbonyl (C=O) groups is 1. The van der Waals surface area contributed by atoms with Gasteiger partial charge in [-0.05, 0) is 18.2 Å². The highest BCUT2D eigenvalue weighted by Crippen LogP contribution is 2.20. The summed E-state index contributed by atoms with van der Waals surface area (Å²) < 4.78 is 18.2. The van der Waals surface area contributed by atoms with Crippen LogP contribution < -0.4 is 15.8 Å². The third kappa shape index (κ3) is 2.54. The number of benzene rings is 1. The zero-order chi connectivity index (χ0) is 13.1. The molecule has 18 heavy (non-hydrogen) atoms. The van der Waals surface area contributed by atoms with Gasteiger partial charge < -0.3 is 10.5 Å². The number of aromatic nitrogens is 2. The zero-order valence-electron chi connectivity index (χ0n) is 9.31. The number of hydrogen-bond acceptors (Lipinski definition) is 6. The fraction of sp³-hybridized carbons (Fsp3) is 0.100. The highest BCUT2D eigenvalue weighted by Gasteiger charge is 2.12. The van der Waals surface area contributed by atoms with Crippen molar-refractivity contribution in [1.29, 1.82) is 0 Å². The summed E-state index contributed by atoms with van der Waals surface area (Å²) >= 11 is 1.03. The van der Waals surface area contributed by atoms with E-state index in [0.29, 0.717) is 0 Å². The highest BCUT2D eigenvalue weighted by molar-refractivity contribution is 7.19. The molecule has 1 aromatic heterocycles. The van der Waals surface area contributed by atoms with Crippen LogP contribution in [0, 0.1) is 5.82 Å². The van der Waals surface area contributed by atoms with Gasteiger partial charge in [0.15, 0.2) is 11.6 Å². The average molecular weight is 268 g/mol. The number of methoxy groups -OCH3 is 1. The molecular formula is C10H9FN4O2S. The summed E-state index contributed by atoms with van der Waals surface area (Å²) in [6, 6.07) is 3.90. The SMILES string of the molecule is COc1ccc(C(=O)Nc2nnc(N)s2)cc1F. The number of halogens is 1. The fourth-order valence-electron chi connectivity index (χ4n) is 1.26. The van der Waals surface area contributed by atoms with Gasteiger partial charge in [-0.1, -0.05) is 11.3 Å². The first kappa shape index (κ1) is 12.2. The van der Waals surface area contributed by atoms with Crippen LogP contribution in [0.25, 0.3) is 0 Å². The van der Waals surface area contributed by atoms with Crippen molar-refractivity contribution in [3.05, 3.63) is 29.6 Å². The summed E-state index contributed by atoms with van der Waals surface area (Å²) in [6.07, 6.45) is 0. The molecule has 0 saturated carbocycles. The van der Waals surface area contributed by atoms with Gasteiger partial charge in [-0.3, -0.25) is 10.1 Å². The highest BCUT2D eigenvalue weighted by atomic mass is 32.1. The number of amides is 1. The quantitative estimate of drug-likeness (QED) is 0.880. The lowest BCUT2D eigenvalue weighted by Gasteiger charge is -2.04. The maximum Gasteiger partial charge on any atom is 0.257 e. The van der Waals surface area contributed by atoms with E-state index in [9.17, 15) is 9.18 Å². The van der Waals surface area contributed by atoms with Gasteiger partial charge >= 0.3 is 0 Å². The van der Waals surface area contributed by atoms with Crippen LogP contribution >= 0.6 is 11.3 Å². The minimum atomic E-state index is -0.609. The second-order valence-electron chi connectivity index (χ2n) is 3.25. The smallest absolute Gasteiger partial charge is 0.257 e. The molecule has 0 radical (unpaired) electrons. The van der Waals surface area contributed by atoms with E-state index in [1.807, 2.05) is 0 Å². The molecule has 1 aromatic carbocycles. The van der Waals surface area contributed by atoms with Crippen molar-refractivity contribution < 1.29 is 13.9 Å². The Morgan fingerprint density at radius 2 is 2.28 bits per heavy atom. The number of anilines is 2. The first-order chi connectivity index (χ1) is 8.60. The van der Waals surface area contributed by atoms with Gasteiger partial charge in [-0.15, -0.1) is 10.2 Å². The zero-order valence-corrected chi connectivity index (χ0v) is 10.1. The summed E-state index contributed by atoms with van der Waals surface area (Å²) in [5, 5.41) is 10.1. The molecule has 0 fully saturated rings. The summed E-state index contributed by atoms with van der Waals surface area (Å²) in [5.41, 5.74) is 5.53. The molecule has 1 heterocycles. The summed E-state index contributed by atoms with van der Waals surface area (Å²) in [5.74, 6) is -1.03. The van der Waals surface area contributed by atoms with Crippen molar-refractivity contribution in [2.24, 2.45) is 0 Å². The van der Waals surface area contributed by atoms with E-state index in [1.54, 1.807) is 0 Å². The van der Waals surface area contributed by atoms with E-state index in [1.165, 1.54) is 19.2 Å². The molecule has 0 aliphatic heterocycles. The molecule has 0 bridgehead atoms. The Morgan fingerprint density at radius 1 is 1.50 bits per heavy atom. The predicted molar refractivity (Wildman–Crippen MR) is 65.2 cm³/mol. The second kappa shape index (κ2) is 4.96. The normalized spacial score (nSPS) is 10.1. The van der Waals surface area contributed by atoms with Gasteiger partial charge in [0.25, 0.3) is 5.91 Å². The third-order valence-electron chi connectivity index (χ3n) is 2.08. The van der Waals surface area contributed by atoms with E-state index in [-0.39, 0.29) is 21.6 Å².